The van der Waals surface area contributed by atoms with Gasteiger partial charge in [0.15, 0.2) is 0 Å². The van der Waals surface area contributed by atoms with E-state index >= 15 is 0 Å². The number of halogens is 1. The fraction of sp³-hybridized carbons (Fsp3) is 0.571. The first-order valence-electron chi connectivity index (χ1n) is 6.68. The fourth-order valence-corrected chi connectivity index (χ4v) is 2.87. The van der Waals surface area contributed by atoms with Crippen LogP contribution in [0, 0.1) is 15.5 Å². The van der Waals surface area contributed by atoms with Crippen molar-refractivity contribution in [3.63, 3.8) is 0 Å². The number of rotatable bonds is 4. The summed E-state index contributed by atoms with van der Waals surface area (Å²) < 4.78 is 0. The van der Waals surface area contributed by atoms with Gasteiger partial charge in [0.1, 0.15) is 5.69 Å². The molecule has 0 heterocycles. The lowest BCUT2D eigenvalue weighted by Gasteiger charge is -2.33. The van der Waals surface area contributed by atoms with E-state index in [-0.39, 0.29) is 16.0 Å². The van der Waals surface area contributed by atoms with Gasteiger partial charge < -0.3 is 5.32 Å². The second-order valence-electron chi connectivity index (χ2n) is 5.64. The molecule has 1 fully saturated rings. The molecular formula is C14H19ClN2O2. The molecule has 0 atom stereocenters. The molecule has 1 aliphatic carbocycles. The van der Waals surface area contributed by atoms with E-state index in [9.17, 15) is 10.1 Å². The lowest BCUT2D eigenvalue weighted by atomic mass is 9.76. The summed E-state index contributed by atoms with van der Waals surface area (Å²) in [6.07, 6.45) is 6.14. The van der Waals surface area contributed by atoms with E-state index in [2.05, 4.69) is 12.2 Å². The Morgan fingerprint density at radius 3 is 2.68 bits per heavy atom. The van der Waals surface area contributed by atoms with Crippen molar-refractivity contribution in [2.24, 2.45) is 5.41 Å². The van der Waals surface area contributed by atoms with Gasteiger partial charge in [-0.2, -0.15) is 0 Å². The average molecular weight is 283 g/mol. The Bertz CT molecular complexity index is 471. The normalized spacial score (nSPS) is 18.0. The molecule has 4 nitrogen and oxygen atoms in total. The Kier molecular flexibility index (Phi) is 4.30. The van der Waals surface area contributed by atoms with Crippen LogP contribution in [-0.2, 0) is 0 Å². The minimum absolute atomic E-state index is 0.0869. The third-order valence-corrected chi connectivity index (χ3v) is 4.16. The maximum Gasteiger partial charge on any atom is 0.292 e. The van der Waals surface area contributed by atoms with Crippen molar-refractivity contribution in [3.8, 4) is 0 Å². The zero-order valence-electron chi connectivity index (χ0n) is 11.1. The van der Waals surface area contributed by atoms with Gasteiger partial charge in [-0.15, -0.1) is 0 Å². The van der Waals surface area contributed by atoms with Gasteiger partial charge >= 0.3 is 0 Å². The van der Waals surface area contributed by atoms with Gasteiger partial charge in [-0.1, -0.05) is 37.8 Å². The molecule has 0 aliphatic heterocycles. The molecule has 0 bridgehead atoms. The first-order chi connectivity index (χ1) is 9.00. The topological polar surface area (TPSA) is 55.2 Å². The number of hydrogen-bond donors (Lipinski definition) is 1. The molecule has 19 heavy (non-hydrogen) atoms. The van der Waals surface area contributed by atoms with Gasteiger partial charge in [0, 0.05) is 17.6 Å². The Morgan fingerprint density at radius 1 is 1.37 bits per heavy atom. The van der Waals surface area contributed by atoms with Crippen LogP contribution in [0.3, 0.4) is 0 Å². The third kappa shape index (κ3) is 3.60. The van der Waals surface area contributed by atoms with E-state index in [1.165, 1.54) is 38.2 Å². The number of anilines is 1. The predicted octanol–water partition coefficient (Wildman–Crippen LogP) is 4.63. The molecule has 0 radical (unpaired) electrons. The largest absolute Gasteiger partial charge is 0.379 e. The molecule has 0 saturated heterocycles. The maximum atomic E-state index is 11.0. The fourth-order valence-electron chi connectivity index (χ4n) is 2.70. The quantitative estimate of drug-likeness (QED) is 0.647. The molecule has 1 N–H and O–H groups in total. The van der Waals surface area contributed by atoms with Gasteiger partial charge in [0.2, 0.25) is 0 Å². The highest BCUT2D eigenvalue weighted by molar-refractivity contribution is 6.31. The number of hydrogen-bond acceptors (Lipinski definition) is 3. The van der Waals surface area contributed by atoms with E-state index in [0.717, 1.165) is 6.54 Å². The molecule has 104 valence electrons. The van der Waals surface area contributed by atoms with Gasteiger partial charge in [-0.25, -0.2) is 0 Å². The Balaban J connectivity index is 2.10. The summed E-state index contributed by atoms with van der Waals surface area (Å²) in [6.45, 7) is 3.00. The molecule has 5 heteroatoms. The highest BCUT2D eigenvalue weighted by atomic mass is 35.5. The lowest BCUT2D eigenvalue weighted by molar-refractivity contribution is -0.384. The minimum Gasteiger partial charge on any atom is -0.379 e. The molecule has 0 spiro atoms. The van der Waals surface area contributed by atoms with Gasteiger partial charge in [-0.05, 0) is 30.4 Å². The first-order valence-corrected chi connectivity index (χ1v) is 7.06. The number of benzene rings is 1. The standard InChI is InChI=1S/C14H19ClN2O2/c1-14(7-3-2-4-8-14)10-16-12-9-11(15)5-6-13(12)17(18)19/h5-6,9,16H,2-4,7-8,10H2,1H3. The third-order valence-electron chi connectivity index (χ3n) is 3.92. The summed E-state index contributed by atoms with van der Waals surface area (Å²) in [4.78, 5) is 10.6. The van der Waals surface area contributed by atoms with Crippen molar-refractivity contribution in [2.45, 2.75) is 39.0 Å². The Hall–Kier alpha value is -1.29. The number of nitro groups is 1. The van der Waals surface area contributed by atoms with E-state index < -0.39 is 0 Å². The predicted molar refractivity (Wildman–Crippen MR) is 77.8 cm³/mol. The van der Waals surface area contributed by atoms with E-state index in [1.54, 1.807) is 12.1 Å². The average Bonchev–Trinajstić information content (AvgIpc) is 2.37. The molecule has 0 amide bonds. The molecule has 1 aliphatic rings. The van der Waals surface area contributed by atoms with Crippen molar-refractivity contribution >= 4 is 23.0 Å². The lowest BCUT2D eigenvalue weighted by Crippen LogP contribution is -2.29. The molecule has 1 aromatic carbocycles. The van der Waals surface area contributed by atoms with Crippen molar-refractivity contribution in [2.75, 3.05) is 11.9 Å². The summed E-state index contributed by atoms with van der Waals surface area (Å²) >= 11 is 5.92. The minimum atomic E-state index is -0.373. The van der Waals surface area contributed by atoms with Crippen molar-refractivity contribution in [1.29, 1.82) is 0 Å². The summed E-state index contributed by atoms with van der Waals surface area (Å²) in [5.74, 6) is 0. The molecule has 1 aromatic rings. The first kappa shape index (κ1) is 14.1. The van der Waals surface area contributed by atoms with Crippen LogP contribution < -0.4 is 5.32 Å². The second kappa shape index (κ2) is 5.78. The molecule has 1 saturated carbocycles. The van der Waals surface area contributed by atoms with Crippen LogP contribution in [0.5, 0.6) is 0 Å². The SMILES string of the molecule is CC1(CNc2cc(Cl)ccc2[N+](=O)[O-])CCCCC1. The van der Waals surface area contributed by atoms with Gasteiger partial charge in [-0.3, -0.25) is 10.1 Å². The summed E-state index contributed by atoms with van der Waals surface area (Å²) in [5.41, 5.74) is 0.835. The molecule has 0 unspecified atom stereocenters. The van der Waals surface area contributed by atoms with E-state index in [4.69, 9.17) is 11.6 Å². The van der Waals surface area contributed by atoms with Crippen molar-refractivity contribution < 1.29 is 4.92 Å². The monoisotopic (exact) mass is 282 g/mol. The molecule has 0 aromatic heterocycles. The summed E-state index contributed by atoms with van der Waals surface area (Å²) in [5, 5.41) is 14.7. The maximum absolute atomic E-state index is 11.0. The van der Waals surface area contributed by atoms with Crippen molar-refractivity contribution in [3.05, 3.63) is 33.3 Å². The van der Waals surface area contributed by atoms with Gasteiger partial charge in [0.05, 0.1) is 4.92 Å². The van der Waals surface area contributed by atoms with Crippen LogP contribution in [0.15, 0.2) is 18.2 Å². The smallest absolute Gasteiger partial charge is 0.292 e. The van der Waals surface area contributed by atoms with Crippen LogP contribution >= 0.6 is 11.6 Å². The van der Waals surface area contributed by atoms with Crippen LogP contribution in [0.25, 0.3) is 0 Å². The zero-order chi connectivity index (χ0) is 13.9. The second-order valence-corrected chi connectivity index (χ2v) is 6.08. The van der Waals surface area contributed by atoms with Crippen LogP contribution in [-0.4, -0.2) is 11.5 Å². The van der Waals surface area contributed by atoms with E-state index in [0.29, 0.717) is 10.7 Å². The zero-order valence-corrected chi connectivity index (χ0v) is 11.9. The summed E-state index contributed by atoms with van der Waals surface area (Å²) in [7, 11) is 0. The van der Waals surface area contributed by atoms with Crippen LogP contribution in [0.1, 0.15) is 39.0 Å². The number of nitrogens with one attached hydrogen (secondary N) is 1. The highest BCUT2D eigenvalue weighted by Gasteiger charge is 2.27. The van der Waals surface area contributed by atoms with Crippen LogP contribution in [0.4, 0.5) is 11.4 Å². The molecular weight excluding hydrogens is 264 g/mol. The summed E-state index contributed by atoms with van der Waals surface area (Å²) in [6, 6.07) is 4.63. The molecule has 2 rings (SSSR count). The Labute approximate surface area is 118 Å². The van der Waals surface area contributed by atoms with Crippen molar-refractivity contribution in [1.82, 2.24) is 0 Å². The van der Waals surface area contributed by atoms with E-state index in [1.807, 2.05) is 0 Å². The highest BCUT2D eigenvalue weighted by Crippen LogP contribution is 2.37. The van der Waals surface area contributed by atoms with Gasteiger partial charge in [0.25, 0.3) is 5.69 Å². The Morgan fingerprint density at radius 2 is 2.05 bits per heavy atom. The van der Waals surface area contributed by atoms with Crippen LogP contribution in [0.2, 0.25) is 5.02 Å². The number of nitro benzene ring substituents is 1. The number of nitrogens with zero attached hydrogens (tertiary/aromatic N) is 1.